The van der Waals surface area contributed by atoms with Gasteiger partial charge in [0.05, 0.1) is 11.6 Å². The van der Waals surface area contributed by atoms with Crippen molar-refractivity contribution in [1.82, 2.24) is 4.98 Å². The Bertz CT molecular complexity index is 322. The lowest BCUT2D eigenvalue weighted by molar-refractivity contribution is 0.144. The first-order valence-electron chi connectivity index (χ1n) is 3.24. The highest BCUT2D eigenvalue weighted by molar-refractivity contribution is 9.10. The highest BCUT2D eigenvalue weighted by atomic mass is 79.9. The number of alkyl halides is 2. The molecule has 0 bridgehead atoms. The smallest absolute Gasteiger partial charge is 0.281 e. The molecule has 0 N–H and O–H groups in total. The number of nitrogens with zero attached hydrogens (tertiary/aromatic N) is 1. The summed E-state index contributed by atoms with van der Waals surface area (Å²) in [4.78, 5) is 3.48. The zero-order valence-electron chi connectivity index (χ0n) is 6.52. The van der Waals surface area contributed by atoms with Gasteiger partial charge in [0.15, 0.2) is 5.75 Å². The number of ether oxygens (including phenoxy) is 1. The van der Waals surface area contributed by atoms with E-state index in [1.807, 2.05) is 0 Å². The Labute approximate surface area is 87.0 Å². The highest BCUT2D eigenvalue weighted by Crippen LogP contribution is 2.37. The summed E-state index contributed by atoms with van der Waals surface area (Å²) in [5, 5.41) is 0.193. The number of halogens is 4. The second-order valence-electron chi connectivity index (χ2n) is 2.14. The third-order valence-corrected chi connectivity index (χ3v) is 2.40. The van der Waals surface area contributed by atoms with Crippen molar-refractivity contribution in [2.45, 2.75) is 6.43 Å². The summed E-state index contributed by atoms with van der Waals surface area (Å²) in [5.74, 6) is 0.173. The average molecular weight is 272 g/mol. The van der Waals surface area contributed by atoms with Crippen molar-refractivity contribution in [3.05, 3.63) is 21.4 Å². The second kappa shape index (κ2) is 4.19. The molecule has 1 aromatic rings. The lowest BCUT2D eigenvalue weighted by Gasteiger charge is -2.08. The summed E-state index contributed by atoms with van der Waals surface area (Å²) in [7, 11) is 1.35. The van der Waals surface area contributed by atoms with Gasteiger partial charge < -0.3 is 4.74 Å². The van der Waals surface area contributed by atoms with Crippen LogP contribution >= 0.6 is 27.5 Å². The summed E-state index contributed by atoms with van der Waals surface area (Å²) >= 11 is 8.58. The Hall–Kier alpha value is -0.420. The van der Waals surface area contributed by atoms with Crippen molar-refractivity contribution in [2.24, 2.45) is 0 Å². The van der Waals surface area contributed by atoms with Crippen LogP contribution in [0.5, 0.6) is 5.75 Å². The number of pyridine rings is 1. The predicted octanol–water partition coefficient (Wildman–Crippen LogP) is 3.44. The minimum Gasteiger partial charge on any atom is -0.494 e. The number of rotatable bonds is 2. The van der Waals surface area contributed by atoms with Gasteiger partial charge in [-0.15, -0.1) is 0 Å². The van der Waals surface area contributed by atoms with Crippen LogP contribution in [0.4, 0.5) is 8.78 Å². The molecule has 2 nitrogen and oxygen atoms in total. The van der Waals surface area contributed by atoms with E-state index in [4.69, 9.17) is 16.3 Å². The van der Waals surface area contributed by atoms with Crippen molar-refractivity contribution in [3.63, 3.8) is 0 Å². The molecule has 0 unspecified atom stereocenters. The summed E-state index contributed by atoms with van der Waals surface area (Å²) in [6.45, 7) is 0. The van der Waals surface area contributed by atoms with Gasteiger partial charge in [0.1, 0.15) is 10.7 Å². The molecule has 0 aliphatic carbocycles. The van der Waals surface area contributed by atoms with Crippen LogP contribution in [0.15, 0.2) is 10.7 Å². The van der Waals surface area contributed by atoms with Gasteiger partial charge in [0, 0.05) is 6.20 Å². The molecule has 0 saturated carbocycles. The van der Waals surface area contributed by atoms with E-state index in [2.05, 4.69) is 20.9 Å². The highest BCUT2D eigenvalue weighted by Gasteiger charge is 2.18. The Morgan fingerprint density at radius 2 is 2.23 bits per heavy atom. The van der Waals surface area contributed by atoms with Crippen LogP contribution in [0.1, 0.15) is 12.1 Å². The maximum Gasteiger partial charge on any atom is 0.281 e. The Balaban J connectivity index is 3.27. The van der Waals surface area contributed by atoms with E-state index in [1.54, 1.807) is 0 Å². The van der Waals surface area contributed by atoms with Crippen molar-refractivity contribution in [3.8, 4) is 5.75 Å². The molecule has 0 aromatic carbocycles. The van der Waals surface area contributed by atoms with Crippen molar-refractivity contribution >= 4 is 27.5 Å². The molecular formula is C7H5BrClF2NO. The van der Waals surface area contributed by atoms with Crippen LogP contribution in [-0.4, -0.2) is 12.1 Å². The van der Waals surface area contributed by atoms with E-state index in [0.717, 1.165) is 6.20 Å². The number of hydrogen-bond donors (Lipinski definition) is 0. The van der Waals surface area contributed by atoms with Gasteiger partial charge in [-0.2, -0.15) is 0 Å². The molecule has 1 rings (SSSR count). The molecule has 0 spiro atoms. The summed E-state index contributed by atoms with van der Waals surface area (Å²) in [5.41, 5.74) is -0.374. The topological polar surface area (TPSA) is 22.1 Å². The zero-order valence-corrected chi connectivity index (χ0v) is 8.86. The molecule has 1 aromatic heterocycles. The molecule has 0 amide bonds. The average Bonchev–Trinajstić information content (AvgIpc) is 2.04. The summed E-state index contributed by atoms with van der Waals surface area (Å²) in [6, 6.07) is 0. The molecule has 72 valence electrons. The van der Waals surface area contributed by atoms with Gasteiger partial charge in [-0.1, -0.05) is 11.6 Å². The SMILES string of the molecule is COc1c(Cl)cnc(C(F)F)c1Br. The Morgan fingerprint density at radius 1 is 1.62 bits per heavy atom. The first-order chi connectivity index (χ1) is 6.07. The Kier molecular flexibility index (Phi) is 3.44. The molecule has 0 aliphatic heterocycles. The van der Waals surface area contributed by atoms with E-state index in [-0.39, 0.29) is 20.9 Å². The van der Waals surface area contributed by atoms with Crippen molar-refractivity contribution in [2.75, 3.05) is 7.11 Å². The largest absolute Gasteiger partial charge is 0.494 e. The van der Waals surface area contributed by atoms with Crippen molar-refractivity contribution in [1.29, 1.82) is 0 Å². The van der Waals surface area contributed by atoms with Crippen LogP contribution < -0.4 is 4.74 Å². The van der Waals surface area contributed by atoms with E-state index in [9.17, 15) is 8.78 Å². The molecule has 0 saturated heterocycles. The van der Waals surface area contributed by atoms with Crippen LogP contribution in [-0.2, 0) is 0 Å². The number of aromatic nitrogens is 1. The maximum absolute atomic E-state index is 12.3. The molecule has 1 heterocycles. The van der Waals surface area contributed by atoms with Gasteiger partial charge in [0.25, 0.3) is 6.43 Å². The molecule has 13 heavy (non-hydrogen) atoms. The number of methoxy groups -OCH3 is 1. The maximum atomic E-state index is 12.3. The predicted molar refractivity (Wildman–Crippen MR) is 48.5 cm³/mol. The molecule has 0 aliphatic rings. The van der Waals surface area contributed by atoms with Crippen LogP contribution in [0.3, 0.4) is 0 Å². The quantitative estimate of drug-likeness (QED) is 0.823. The number of hydrogen-bond acceptors (Lipinski definition) is 2. The third kappa shape index (κ3) is 2.08. The Morgan fingerprint density at radius 3 is 2.69 bits per heavy atom. The first kappa shape index (κ1) is 10.7. The molecule has 0 fully saturated rings. The van der Waals surface area contributed by atoms with Crippen LogP contribution in [0.25, 0.3) is 0 Å². The van der Waals surface area contributed by atoms with Gasteiger partial charge in [-0.05, 0) is 15.9 Å². The van der Waals surface area contributed by atoms with Gasteiger partial charge >= 0.3 is 0 Å². The van der Waals surface area contributed by atoms with Gasteiger partial charge in [-0.25, -0.2) is 8.78 Å². The molecule has 0 radical (unpaired) electrons. The van der Waals surface area contributed by atoms with Gasteiger partial charge in [0.2, 0.25) is 0 Å². The minimum atomic E-state index is -2.65. The summed E-state index contributed by atoms with van der Waals surface area (Å²) in [6.07, 6.45) is -1.52. The molecular weight excluding hydrogens is 267 g/mol. The normalized spacial score (nSPS) is 10.6. The molecule has 0 atom stereocenters. The standard InChI is InChI=1S/C7H5BrClF2NO/c1-13-6-3(9)2-12-5(4(6)8)7(10)11/h2,7H,1H3. The third-order valence-electron chi connectivity index (χ3n) is 1.37. The lowest BCUT2D eigenvalue weighted by atomic mass is 10.3. The monoisotopic (exact) mass is 271 g/mol. The van der Waals surface area contributed by atoms with Crippen molar-refractivity contribution < 1.29 is 13.5 Å². The lowest BCUT2D eigenvalue weighted by Crippen LogP contribution is -1.95. The second-order valence-corrected chi connectivity index (χ2v) is 3.34. The molecule has 6 heteroatoms. The van der Waals surface area contributed by atoms with E-state index in [1.165, 1.54) is 7.11 Å². The van der Waals surface area contributed by atoms with Crippen LogP contribution in [0, 0.1) is 0 Å². The first-order valence-corrected chi connectivity index (χ1v) is 4.41. The fraction of sp³-hybridized carbons (Fsp3) is 0.286. The zero-order chi connectivity index (χ0) is 10.0. The van der Waals surface area contributed by atoms with E-state index >= 15 is 0 Å². The fourth-order valence-electron chi connectivity index (χ4n) is 0.802. The van der Waals surface area contributed by atoms with Crippen LogP contribution in [0.2, 0.25) is 5.02 Å². The van der Waals surface area contributed by atoms with E-state index in [0.29, 0.717) is 0 Å². The summed E-state index contributed by atoms with van der Waals surface area (Å²) < 4.78 is 29.5. The van der Waals surface area contributed by atoms with Gasteiger partial charge in [-0.3, -0.25) is 4.98 Å². The van der Waals surface area contributed by atoms with E-state index < -0.39 is 6.43 Å². The fourth-order valence-corrected chi connectivity index (χ4v) is 1.79. The minimum absolute atomic E-state index is 0.0949.